The summed E-state index contributed by atoms with van der Waals surface area (Å²) in [5.74, 6) is 1.64. The van der Waals surface area contributed by atoms with Gasteiger partial charge in [0.1, 0.15) is 0 Å². The number of likely N-dealkylation sites (N-methyl/N-ethyl adjacent to an activating group) is 2. The van der Waals surface area contributed by atoms with E-state index in [2.05, 4.69) is 40.1 Å². The predicted octanol–water partition coefficient (Wildman–Crippen LogP) is 1.01. The monoisotopic (exact) mass is 261 g/mol. The first-order valence-corrected chi connectivity index (χ1v) is 6.81. The maximum Gasteiger partial charge on any atom is 0.231 e. The van der Waals surface area contributed by atoms with Crippen LogP contribution in [0.1, 0.15) is 36.5 Å². The van der Waals surface area contributed by atoms with E-state index in [4.69, 9.17) is 9.78 Å². The molecule has 0 bridgehead atoms. The molecule has 2 fully saturated rings. The molecule has 0 radical (unpaired) electrons. The van der Waals surface area contributed by atoms with Crippen molar-refractivity contribution in [3.63, 3.8) is 0 Å². The average molecular weight is 261 g/mol. The second-order valence-electron chi connectivity index (χ2n) is 5.68. The van der Waals surface area contributed by atoms with Crippen LogP contribution in [-0.2, 0) is 0 Å². The molecular weight excluding hydrogens is 242 g/mol. The summed E-state index contributed by atoms with van der Waals surface area (Å²) in [7, 11) is 4.23. The van der Waals surface area contributed by atoms with Gasteiger partial charge in [0.05, 0.1) is 23.9 Å². The van der Waals surface area contributed by atoms with Crippen molar-refractivity contribution < 1.29 is 4.52 Å². The van der Waals surface area contributed by atoms with E-state index in [9.17, 15) is 0 Å². The zero-order valence-corrected chi connectivity index (χ0v) is 11.4. The van der Waals surface area contributed by atoms with Crippen molar-refractivity contribution in [1.82, 2.24) is 19.9 Å². The van der Waals surface area contributed by atoms with Crippen molar-refractivity contribution in [2.75, 3.05) is 33.7 Å². The third kappa shape index (κ3) is 2.48. The summed E-state index contributed by atoms with van der Waals surface area (Å²) in [5, 5.41) is 13.0. The van der Waals surface area contributed by atoms with Gasteiger partial charge >= 0.3 is 0 Å². The highest BCUT2D eigenvalue weighted by Crippen LogP contribution is 2.46. The second kappa shape index (κ2) is 4.91. The van der Waals surface area contributed by atoms with Gasteiger partial charge in [-0.15, -0.1) is 0 Å². The highest BCUT2D eigenvalue weighted by Gasteiger charge is 2.43. The Labute approximate surface area is 113 Å². The molecule has 3 rings (SSSR count). The van der Waals surface area contributed by atoms with E-state index in [-0.39, 0.29) is 17.9 Å². The molecule has 1 aromatic heterocycles. The van der Waals surface area contributed by atoms with Crippen molar-refractivity contribution in [1.29, 1.82) is 5.26 Å². The van der Waals surface area contributed by atoms with Crippen LogP contribution in [-0.4, -0.2) is 53.7 Å². The number of hydrogen-bond donors (Lipinski definition) is 0. The van der Waals surface area contributed by atoms with Crippen LogP contribution in [0, 0.1) is 17.2 Å². The van der Waals surface area contributed by atoms with Crippen molar-refractivity contribution in [2.45, 2.75) is 24.8 Å². The summed E-state index contributed by atoms with van der Waals surface area (Å²) in [4.78, 5) is 9.11. The van der Waals surface area contributed by atoms with Gasteiger partial charge in [-0.1, -0.05) is 5.16 Å². The van der Waals surface area contributed by atoms with Crippen molar-refractivity contribution in [3.05, 3.63) is 11.7 Å². The van der Waals surface area contributed by atoms with E-state index in [0.717, 1.165) is 38.3 Å². The number of rotatable bonds is 2. The first-order valence-electron chi connectivity index (χ1n) is 6.81. The molecular formula is C13H19N5O. The van der Waals surface area contributed by atoms with E-state index in [1.54, 1.807) is 0 Å². The van der Waals surface area contributed by atoms with Gasteiger partial charge in [0.15, 0.2) is 5.82 Å². The molecule has 102 valence electrons. The lowest BCUT2D eigenvalue weighted by Crippen LogP contribution is -2.31. The van der Waals surface area contributed by atoms with E-state index < -0.39 is 0 Å². The summed E-state index contributed by atoms with van der Waals surface area (Å²) in [6.07, 6.45) is 2.02. The fraction of sp³-hybridized carbons (Fsp3) is 0.769. The minimum Gasteiger partial charge on any atom is -0.339 e. The smallest absolute Gasteiger partial charge is 0.231 e. The van der Waals surface area contributed by atoms with Gasteiger partial charge in [-0.05, 0) is 40.0 Å². The molecule has 1 aliphatic heterocycles. The van der Waals surface area contributed by atoms with Crippen LogP contribution in [0.15, 0.2) is 4.52 Å². The first-order chi connectivity index (χ1) is 9.19. The zero-order chi connectivity index (χ0) is 13.4. The lowest BCUT2D eigenvalue weighted by Gasteiger charge is -2.24. The third-order valence-corrected chi connectivity index (χ3v) is 4.10. The fourth-order valence-corrected chi connectivity index (χ4v) is 2.69. The normalized spacial score (nSPS) is 32.8. The quantitative estimate of drug-likeness (QED) is 0.791. The van der Waals surface area contributed by atoms with Gasteiger partial charge in [-0.3, -0.25) is 4.90 Å². The number of nitriles is 1. The van der Waals surface area contributed by atoms with Crippen LogP contribution in [0.2, 0.25) is 0 Å². The lowest BCUT2D eigenvalue weighted by atomic mass is 10.2. The lowest BCUT2D eigenvalue weighted by molar-refractivity contribution is 0.214. The first kappa shape index (κ1) is 12.6. The van der Waals surface area contributed by atoms with Gasteiger partial charge in [0, 0.05) is 6.54 Å². The van der Waals surface area contributed by atoms with Crippen LogP contribution >= 0.6 is 0 Å². The molecule has 1 aromatic rings. The summed E-state index contributed by atoms with van der Waals surface area (Å²) in [6.45, 7) is 3.07. The summed E-state index contributed by atoms with van der Waals surface area (Å²) in [5.41, 5.74) is 0. The van der Waals surface area contributed by atoms with Crippen LogP contribution in [0.25, 0.3) is 0 Å². The molecule has 0 spiro atoms. The highest BCUT2D eigenvalue weighted by atomic mass is 16.5. The topological polar surface area (TPSA) is 69.2 Å². The maximum absolute atomic E-state index is 8.85. The standard InChI is InChI=1S/C13H19N5O/c1-17-4-3-5-18(2)11(8-17)12-15-13(19-16-12)10-6-9(10)7-14/h9-11H,3-6,8H2,1-2H3. The van der Waals surface area contributed by atoms with Gasteiger partial charge in [-0.25, -0.2) is 0 Å². The molecule has 3 unspecified atom stereocenters. The zero-order valence-electron chi connectivity index (χ0n) is 11.4. The predicted molar refractivity (Wildman–Crippen MR) is 68.2 cm³/mol. The third-order valence-electron chi connectivity index (χ3n) is 4.10. The second-order valence-corrected chi connectivity index (χ2v) is 5.68. The largest absolute Gasteiger partial charge is 0.339 e. The highest BCUT2D eigenvalue weighted by molar-refractivity contribution is 5.16. The summed E-state index contributed by atoms with van der Waals surface area (Å²) in [6, 6.07) is 2.44. The van der Waals surface area contributed by atoms with E-state index >= 15 is 0 Å². The molecule has 2 heterocycles. The number of aromatic nitrogens is 2. The Morgan fingerprint density at radius 2 is 2.21 bits per heavy atom. The molecule has 6 nitrogen and oxygen atoms in total. The minimum atomic E-state index is 0.0721. The van der Waals surface area contributed by atoms with Crippen molar-refractivity contribution in [2.24, 2.45) is 5.92 Å². The van der Waals surface area contributed by atoms with E-state index in [1.807, 2.05) is 0 Å². The molecule has 1 saturated carbocycles. The molecule has 0 N–H and O–H groups in total. The molecule has 1 aliphatic carbocycles. The Kier molecular flexibility index (Phi) is 3.25. The molecule has 1 saturated heterocycles. The van der Waals surface area contributed by atoms with Gasteiger partial charge < -0.3 is 9.42 Å². The maximum atomic E-state index is 8.85. The van der Waals surface area contributed by atoms with Gasteiger partial charge in [0.2, 0.25) is 5.89 Å². The Morgan fingerprint density at radius 1 is 1.37 bits per heavy atom. The van der Waals surface area contributed by atoms with E-state index in [1.165, 1.54) is 0 Å². The van der Waals surface area contributed by atoms with Crippen LogP contribution in [0.3, 0.4) is 0 Å². The van der Waals surface area contributed by atoms with Crippen LogP contribution in [0.4, 0.5) is 0 Å². The van der Waals surface area contributed by atoms with Crippen LogP contribution in [0.5, 0.6) is 0 Å². The van der Waals surface area contributed by atoms with Gasteiger partial charge in [0.25, 0.3) is 0 Å². The Hall–Kier alpha value is -1.45. The number of nitrogens with zero attached hydrogens (tertiary/aromatic N) is 5. The molecule has 2 aliphatic rings. The Morgan fingerprint density at radius 3 is 2.95 bits per heavy atom. The summed E-state index contributed by atoms with van der Waals surface area (Å²) >= 11 is 0. The molecule has 0 aromatic carbocycles. The molecule has 3 atom stereocenters. The fourth-order valence-electron chi connectivity index (χ4n) is 2.69. The molecule has 0 amide bonds. The minimum absolute atomic E-state index is 0.0721. The van der Waals surface area contributed by atoms with Crippen LogP contribution < -0.4 is 0 Å². The molecule has 19 heavy (non-hydrogen) atoms. The molecule has 6 heteroatoms. The number of hydrogen-bond acceptors (Lipinski definition) is 6. The Balaban J connectivity index is 1.76. The van der Waals surface area contributed by atoms with Crippen molar-refractivity contribution >= 4 is 0 Å². The average Bonchev–Trinajstić information content (AvgIpc) is 3.07. The van der Waals surface area contributed by atoms with Gasteiger partial charge in [-0.2, -0.15) is 10.2 Å². The van der Waals surface area contributed by atoms with Crippen molar-refractivity contribution in [3.8, 4) is 6.07 Å². The Bertz CT molecular complexity index is 493. The van der Waals surface area contributed by atoms with E-state index in [0.29, 0.717) is 5.89 Å². The SMILES string of the molecule is CN1CCCN(C)C(c2noc(C3CC3C#N)n2)C1. The summed E-state index contributed by atoms with van der Waals surface area (Å²) < 4.78 is 5.34.